The van der Waals surface area contributed by atoms with Crippen molar-refractivity contribution in [1.82, 2.24) is 15.5 Å². The summed E-state index contributed by atoms with van der Waals surface area (Å²) >= 11 is 0. The third-order valence-electron chi connectivity index (χ3n) is 4.13. The van der Waals surface area contributed by atoms with E-state index in [0.717, 1.165) is 29.8 Å². The molecule has 1 atom stereocenters. The fourth-order valence-electron chi connectivity index (χ4n) is 2.86. The van der Waals surface area contributed by atoms with Gasteiger partial charge in [-0.1, -0.05) is 29.8 Å². The van der Waals surface area contributed by atoms with Crippen LogP contribution in [-0.2, 0) is 16.4 Å². The summed E-state index contributed by atoms with van der Waals surface area (Å²) in [6.45, 7) is 3.49. The van der Waals surface area contributed by atoms with Crippen LogP contribution >= 0.6 is 0 Å². The third kappa shape index (κ3) is 3.56. The van der Waals surface area contributed by atoms with Gasteiger partial charge < -0.3 is 5.32 Å². The van der Waals surface area contributed by atoms with Crippen LogP contribution in [0.3, 0.4) is 0 Å². The van der Waals surface area contributed by atoms with Gasteiger partial charge in [0.05, 0.1) is 23.4 Å². The van der Waals surface area contributed by atoms with Gasteiger partial charge in [0.15, 0.2) is 9.84 Å². The minimum Gasteiger partial charge on any atom is -0.312 e. The van der Waals surface area contributed by atoms with Crippen LogP contribution in [0.15, 0.2) is 30.5 Å². The summed E-state index contributed by atoms with van der Waals surface area (Å²) in [5.74, 6) is 0.885. The summed E-state index contributed by atoms with van der Waals surface area (Å²) in [6.07, 6.45) is 2.60. The van der Waals surface area contributed by atoms with E-state index in [4.69, 9.17) is 0 Å². The first-order chi connectivity index (χ1) is 10.5. The van der Waals surface area contributed by atoms with E-state index < -0.39 is 9.84 Å². The number of rotatable bonds is 5. The molecule has 2 N–H and O–H groups in total. The van der Waals surface area contributed by atoms with Gasteiger partial charge in [-0.2, -0.15) is 5.10 Å². The predicted octanol–water partition coefficient (Wildman–Crippen LogP) is 1.91. The average molecular weight is 319 g/mol. The molecule has 0 spiro atoms. The smallest absolute Gasteiger partial charge is 0.150 e. The normalized spacial score (nSPS) is 20.3. The number of aromatic nitrogens is 2. The van der Waals surface area contributed by atoms with Gasteiger partial charge in [0.2, 0.25) is 0 Å². The first-order valence-corrected chi connectivity index (χ1v) is 9.36. The summed E-state index contributed by atoms with van der Waals surface area (Å²) in [5.41, 5.74) is 4.46. The SMILES string of the molecule is Cc1ccc(-c2[nH]ncc2CNC[C@@H]2CCS(=O)(=O)C2)cc1. The summed E-state index contributed by atoms with van der Waals surface area (Å²) in [6, 6.07) is 8.32. The lowest BCUT2D eigenvalue weighted by molar-refractivity contribution is 0.521. The van der Waals surface area contributed by atoms with Crippen LogP contribution in [0, 0.1) is 12.8 Å². The van der Waals surface area contributed by atoms with Gasteiger partial charge in [-0.3, -0.25) is 5.10 Å². The molecule has 1 aliphatic heterocycles. The first-order valence-electron chi connectivity index (χ1n) is 7.54. The van der Waals surface area contributed by atoms with Gasteiger partial charge in [-0.25, -0.2) is 8.42 Å². The van der Waals surface area contributed by atoms with E-state index in [1.165, 1.54) is 5.56 Å². The van der Waals surface area contributed by atoms with Gasteiger partial charge in [-0.15, -0.1) is 0 Å². The molecule has 5 nitrogen and oxygen atoms in total. The Balaban J connectivity index is 1.60. The maximum absolute atomic E-state index is 11.5. The fourth-order valence-corrected chi connectivity index (χ4v) is 4.72. The quantitative estimate of drug-likeness (QED) is 0.883. The zero-order chi connectivity index (χ0) is 15.6. The molecule has 1 aromatic carbocycles. The van der Waals surface area contributed by atoms with Crippen molar-refractivity contribution in [2.45, 2.75) is 19.9 Å². The highest BCUT2D eigenvalue weighted by Crippen LogP contribution is 2.22. The molecule has 1 aromatic heterocycles. The molecule has 1 fully saturated rings. The van der Waals surface area contributed by atoms with Crippen molar-refractivity contribution in [3.05, 3.63) is 41.6 Å². The van der Waals surface area contributed by atoms with Gasteiger partial charge >= 0.3 is 0 Å². The molecule has 1 saturated heterocycles. The molecule has 1 aliphatic rings. The number of benzene rings is 1. The van der Waals surface area contributed by atoms with Gasteiger partial charge in [0.25, 0.3) is 0 Å². The number of sulfone groups is 1. The number of hydrogen-bond donors (Lipinski definition) is 2. The van der Waals surface area contributed by atoms with Crippen LogP contribution in [-0.4, -0.2) is 36.7 Å². The maximum Gasteiger partial charge on any atom is 0.150 e. The molecule has 6 heteroatoms. The molecule has 0 saturated carbocycles. The van der Waals surface area contributed by atoms with Gasteiger partial charge in [0, 0.05) is 12.1 Å². The van der Waals surface area contributed by atoms with Crippen molar-refractivity contribution >= 4 is 9.84 Å². The van der Waals surface area contributed by atoms with Crippen molar-refractivity contribution in [2.75, 3.05) is 18.1 Å². The zero-order valence-corrected chi connectivity index (χ0v) is 13.5. The number of nitrogens with zero attached hydrogens (tertiary/aromatic N) is 1. The lowest BCUT2D eigenvalue weighted by atomic mass is 10.1. The highest BCUT2D eigenvalue weighted by Gasteiger charge is 2.27. The highest BCUT2D eigenvalue weighted by molar-refractivity contribution is 7.91. The molecule has 0 aliphatic carbocycles. The van der Waals surface area contributed by atoms with Crippen molar-refractivity contribution in [2.24, 2.45) is 5.92 Å². The minimum absolute atomic E-state index is 0.236. The Bertz CT molecular complexity index is 735. The van der Waals surface area contributed by atoms with Crippen molar-refractivity contribution in [1.29, 1.82) is 0 Å². The van der Waals surface area contributed by atoms with Crippen molar-refractivity contribution in [3.63, 3.8) is 0 Å². The number of H-pyrrole nitrogens is 1. The van der Waals surface area contributed by atoms with Crippen LogP contribution in [0.25, 0.3) is 11.3 Å². The van der Waals surface area contributed by atoms with E-state index in [1.54, 1.807) is 0 Å². The van der Waals surface area contributed by atoms with E-state index in [-0.39, 0.29) is 5.92 Å². The van der Waals surface area contributed by atoms with E-state index in [1.807, 2.05) is 6.20 Å². The van der Waals surface area contributed by atoms with E-state index in [0.29, 0.717) is 18.1 Å². The second-order valence-corrected chi connectivity index (χ2v) is 8.26. The molecule has 22 heavy (non-hydrogen) atoms. The Morgan fingerprint density at radius 3 is 2.77 bits per heavy atom. The first kappa shape index (κ1) is 15.2. The standard InChI is InChI=1S/C16H21N3O2S/c1-12-2-4-14(5-3-12)16-15(10-18-19-16)9-17-8-13-6-7-22(20,21)11-13/h2-5,10,13,17H,6-9,11H2,1H3,(H,18,19)/t13-/m0/s1. The largest absolute Gasteiger partial charge is 0.312 e. The van der Waals surface area contributed by atoms with Crippen LogP contribution in [0.1, 0.15) is 17.5 Å². The minimum atomic E-state index is -2.79. The van der Waals surface area contributed by atoms with Crippen LogP contribution in [0.5, 0.6) is 0 Å². The maximum atomic E-state index is 11.5. The molecule has 118 valence electrons. The molecule has 0 bridgehead atoms. The van der Waals surface area contributed by atoms with E-state index in [2.05, 4.69) is 46.7 Å². The lowest BCUT2D eigenvalue weighted by Crippen LogP contribution is -2.23. The molecule has 0 unspecified atom stereocenters. The zero-order valence-electron chi connectivity index (χ0n) is 12.7. The second-order valence-electron chi connectivity index (χ2n) is 6.04. The summed E-state index contributed by atoms with van der Waals surface area (Å²) < 4.78 is 22.9. The second kappa shape index (κ2) is 6.22. The Morgan fingerprint density at radius 1 is 1.32 bits per heavy atom. The van der Waals surface area contributed by atoms with Crippen molar-refractivity contribution < 1.29 is 8.42 Å². The van der Waals surface area contributed by atoms with Gasteiger partial charge in [-0.05, 0) is 31.4 Å². The molecule has 0 amide bonds. The summed E-state index contributed by atoms with van der Waals surface area (Å²) in [5, 5.41) is 10.5. The van der Waals surface area contributed by atoms with E-state index in [9.17, 15) is 8.42 Å². The number of nitrogens with one attached hydrogen (secondary N) is 2. The Hall–Kier alpha value is -1.66. The predicted molar refractivity (Wildman–Crippen MR) is 87.2 cm³/mol. The van der Waals surface area contributed by atoms with Crippen LogP contribution in [0.2, 0.25) is 0 Å². The highest BCUT2D eigenvalue weighted by atomic mass is 32.2. The number of aromatic amines is 1. The average Bonchev–Trinajstić information content (AvgIpc) is 3.06. The van der Waals surface area contributed by atoms with Crippen molar-refractivity contribution in [3.8, 4) is 11.3 Å². The topological polar surface area (TPSA) is 74.8 Å². The molecule has 3 rings (SSSR count). The third-order valence-corrected chi connectivity index (χ3v) is 5.97. The molecule has 2 aromatic rings. The lowest BCUT2D eigenvalue weighted by Gasteiger charge is -2.10. The molecule has 2 heterocycles. The number of aryl methyl sites for hydroxylation is 1. The summed E-state index contributed by atoms with van der Waals surface area (Å²) in [7, 11) is -2.79. The van der Waals surface area contributed by atoms with Crippen LogP contribution < -0.4 is 5.32 Å². The Labute approximate surface area is 131 Å². The number of hydrogen-bond acceptors (Lipinski definition) is 4. The van der Waals surface area contributed by atoms with Gasteiger partial charge in [0.1, 0.15) is 0 Å². The van der Waals surface area contributed by atoms with Crippen LogP contribution in [0.4, 0.5) is 0 Å². The Morgan fingerprint density at radius 2 is 2.09 bits per heavy atom. The summed E-state index contributed by atoms with van der Waals surface area (Å²) in [4.78, 5) is 0. The van der Waals surface area contributed by atoms with E-state index >= 15 is 0 Å². The molecular formula is C16H21N3O2S. The molecule has 0 radical (unpaired) electrons. The Kier molecular flexibility index (Phi) is 4.31. The monoisotopic (exact) mass is 319 g/mol. The fraction of sp³-hybridized carbons (Fsp3) is 0.438. The molecular weight excluding hydrogens is 298 g/mol.